The predicted octanol–water partition coefficient (Wildman–Crippen LogP) is 3.62. The number of nitrogens with two attached hydrogens (primary N) is 1. The fourth-order valence-corrected chi connectivity index (χ4v) is 4.13. The molecule has 1 aromatic rings. The van der Waals surface area contributed by atoms with E-state index in [-0.39, 0.29) is 0 Å². The first-order valence-electron chi connectivity index (χ1n) is 7.81. The first-order valence-corrected chi connectivity index (χ1v) is 8.80. The molecule has 4 heteroatoms. The van der Waals surface area contributed by atoms with E-state index < -0.39 is 0 Å². The van der Waals surface area contributed by atoms with Gasteiger partial charge in [0.1, 0.15) is 6.07 Å². The van der Waals surface area contributed by atoms with E-state index in [0.717, 1.165) is 28.4 Å². The molecule has 0 radical (unpaired) electrons. The molecule has 21 heavy (non-hydrogen) atoms. The van der Waals surface area contributed by atoms with Crippen LogP contribution in [0, 0.1) is 17.2 Å². The predicted molar refractivity (Wildman–Crippen MR) is 90.8 cm³/mol. The fraction of sp³-hybridized carbons (Fsp3) is 0.588. The summed E-state index contributed by atoms with van der Waals surface area (Å²) < 4.78 is 0. The van der Waals surface area contributed by atoms with Crippen LogP contribution in [0.5, 0.6) is 0 Å². The number of hydrogen-bond acceptors (Lipinski definition) is 4. The van der Waals surface area contributed by atoms with E-state index in [0.29, 0.717) is 12.0 Å². The third-order valence-electron chi connectivity index (χ3n) is 4.47. The summed E-state index contributed by atoms with van der Waals surface area (Å²) in [6.45, 7) is 2.86. The first-order chi connectivity index (χ1) is 10.2. The van der Waals surface area contributed by atoms with E-state index in [9.17, 15) is 5.26 Å². The largest absolute Gasteiger partial charge is 0.370 e. The van der Waals surface area contributed by atoms with Crippen LogP contribution in [-0.4, -0.2) is 25.4 Å². The monoisotopic (exact) mass is 303 g/mol. The van der Waals surface area contributed by atoms with Gasteiger partial charge in [-0.3, -0.25) is 0 Å². The lowest BCUT2D eigenvalue weighted by Gasteiger charge is -2.39. The van der Waals surface area contributed by atoms with Crippen molar-refractivity contribution in [3.63, 3.8) is 0 Å². The molecule has 2 unspecified atom stereocenters. The number of nitrogens with zero attached hydrogens (tertiary/aromatic N) is 2. The highest BCUT2D eigenvalue weighted by Gasteiger charge is 2.28. The lowest BCUT2D eigenvalue weighted by molar-refractivity contribution is 0.306. The Morgan fingerprint density at radius 1 is 1.38 bits per heavy atom. The molecule has 0 saturated heterocycles. The van der Waals surface area contributed by atoms with Crippen molar-refractivity contribution in [2.75, 3.05) is 24.2 Å². The van der Waals surface area contributed by atoms with Crippen LogP contribution in [0.25, 0.3) is 0 Å². The van der Waals surface area contributed by atoms with Gasteiger partial charge in [0.25, 0.3) is 0 Å². The zero-order chi connectivity index (χ0) is 15.2. The minimum atomic E-state index is 0.456. The van der Waals surface area contributed by atoms with Gasteiger partial charge in [0.05, 0.1) is 11.3 Å². The SMILES string of the molecule is CCSc1cccc(N(C)C2CCCCC2CN)c1C#N. The summed E-state index contributed by atoms with van der Waals surface area (Å²) in [5.41, 5.74) is 7.83. The molecule has 1 fully saturated rings. The topological polar surface area (TPSA) is 53.0 Å². The molecule has 0 amide bonds. The molecule has 0 aliphatic heterocycles. The average molecular weight is 303 g/mol. The summed E-state index contributed by atoms with van der Waals surface area (Å²) in [6.07, 6.45) is 4.92. The van der Waals surface area contributed by atoms with Gasteiger partial charge in [0.2, 0.25) is 0 Å². The Kier molecular flexibility index (Phi) is 5.96. The number of rotatable bonds is 5. The minimum Gasteiger partial charge on any atom is -0.370 e. The summed E-state index contributed by atoms with van der Waals surface area (Å²) in [6, 6.07) is 9.04. The molecule has 1 aliphatic rings. The molecular weight excluding hydrogens is 278 g/mol. The van der Waals surface area contributed by atoms with Crippen molar-refractivity contribution >= 4 is 17.4 Å². The van der Waals surface area contributed by atoms with E-state index >= 15 is 0 Å². The standard InChI is InChI=1S/C17H25N3S/c1-3-21-17-10-6-9-16(14(17)12-19)20(2)15-8-5-4-7-13(15)11-18/h6,9-10,13,15H,3-5,7-8,11,18H2,1-2H3. The third-order valence-corrected chi connectivity index (χ3v) is 5.40. The second-order valence-electron chi connectivity index (χ2n) is 5.65. The molecule has 0 bridgehead atoms. The third kappa shape index (κ3) is 3.53. The molecule has 1 saturated carbocycles. The van der Waals surface area contributed by atoms with Crippen LogP contribution in [-0.2, 0) is 0 Å². The van der Waals surface area contributed by atoms with Crippen molar-refractivity contribution in [3.05, 3.63) is 23.8 Å². The van der Waals surface area contributed by atoms with Crippen molar-refractivity contribution < 1.29 is 0 Å². The van der Waals surface area contributed by atoms with Crippen LogP contribution in [0.15, 0.2) is 23.1 Å². The quantitative estimate of drug-likeness (QED) is 0.844. The summed E-state index contributed by atoms with van der Waals surface area (Å²) in [5.74, 6) is 1.52. The second-order valence-corrected chi connectivity index (χ2v) is 6.96. The van der Waals surface area contributed by atoms with E-state index in [2.05, 4.69) is 37.1 Å². The summed E-state index contributed by atoms with van der Waals surface area (Å²) in [7, 11) is 2.12. The fourth-order valence-electron chi connectivity index (χ4n) is 3.35. The van der Waals surface area contributed by atoms with Crippen LogP contribution in [0.2, 0.25) is 0 Å². The van der Waals surface area contributed by atoms with Crippen LogP contribution in [0.4, 0.5) is 5.69 Å². The molecule has 2 N–H and O–H groups in total. The number of benzene rings is 1. The van der Waals surface area contributed by atoms with Crippen molar-refractivity contribution in [2.45, 2.75) is 43.5 Å². The molecule has 0 spiro atoms. The molecule has 0 heterocycles. The van der Waals surface area contributed by atoms with Crippen LogP contribution >= 0.6 is 11.8 Å². The van der Waals surface area contributed by atoms with E-state index in [1.807, 2.05) is 6.07 Å². The number of nitriles is 1. The van der Waals surface area contributed by atoms with Gasteiger partial charge < -0.3 is 10.6 Å². The Morgan fingerprint density at radius 2 is 2.14 bits per heavy atom. The Morgan fingerprint density at radius 3 is 2.81 bits per heavy atom. The Balaban J connectivity index is 2.31. The minimum absolute atomic E-state index is 0.456. The second kappa shape index (κ2) is 7.72. The lowest BCUT2D eigenvalue weighted by Crippen LogP contribution is -2.43. The smallest absolute Gasteiger partial charge is 0.103 e. The molecule has 114 valence electrons. The molecule has 0 aromatic heterocycles. The van der Waals surface area contributed by atoms with Gasteiger partial charge in [-0.2, -0.15) is 5.26 Å². The van der Waals surface area contributed by atoms with Gasteiger partial charge in [-0.05, 0) is 43.2 Å². The van der Waals surface area contributed by atoms with Crippen molar-refractivity contribution in [1.82, 2.24) is 0 Å². The van der Waals surface area contributed by atoms with Crippen LogP contribution in [0.1, 0.15) is 38.2 Å². The summed E-state index contributed by atoms with van der Waals surface area (Å²) >= 11 is 1.74. The van der Waals surface area contributed by atoms with Gasteiger partial charge >= 0.3 is 0 Å². The van der Waals surface area contributed by atoms with Gasteiger partial charge in [0.15, 0.2) is 0 Å². The molecule has 1 aliphatic carbocycles. The lowest BCUT2D eigenvalue weighted by atomic mass is 9.83. The number of thioether (sulfide) groups is 1. The zero-order valence-electron chi connectivity index (χ0n) is 13.0. The summed E-state index contributed by atoms with van der Waals surface area (Å²) in [4.78, 5) is 3.39. The number of anilines is 1. The van der Waals surface area contributed by atoms with Crippen molar-refractivity contribution in [3.8, 4) is 6.07 Å². The first kappa shape index (κ1) is 16.2. The maximum atomic E-state index is 9.58. The molecular formula is C17H25N3S. The average Bonchev–Trinajstić information content (AvgIpc) is 2.54. The Bertz CT molecular complexity index is 509. The highest BCUT2D eigenvalue weighted by atomic mass is 32.2. The number of hydrogen-bond donors (Lipinski definition) is 1. The zero-order valence-corrected chi connectivity index (χ0v) is 13.8. The molecule has 1 aromatic carbocycles. The molecule has 3 nitrogen and oxygen atoms in total. The van der Waals surface area contributed by atoms with E-state index in [1.165, 1.54) is 25.7 Å². The van der Waals surface area contributed by atoms with Crippen LogP contribution in [0.3, 0.4) is 0 Å². The Labute approximate surface area is 132 Å². The van der Waals surface area contributed by atoms with E-state index in [1.54, 1.807) is 11.8 Å². The summed E-state index contributed by atoms with van der Waals surface area (Å²) in [5, 5.41) is 9.58. The van der Waals surface area contributed by atoms with Gasteiger partial charge in [0, 0.05) is 18.0 Å². The Hall–Kier alpha value is -1.18. The van der Waals surface area contributed by atoms with Crippen LogP contribution < -0.4 is 10.6 Å². The van der Waals surface area contributed by atoms with Crippen molar-refractivity contribution in [2.24, 2.45) is 11.7 Å². The normalized spacial score (nSPS) is 21.8. The van der Waals surface area contributed by atoms with Gasteiger partial charge in [-0.25, -0.2) is 0 Å². The molecule has 2 atom stereocenters. The van der Waals surface area contributed by atoms with Gasteiger partial charge in [-0.1, -0.05) is 25.8 Å². The highest BCUT2D eigenvalue weighted by Crippen LogP contribution is 2.35. The van der Waals surface area contributed by atoms with Gasteiger partial charge in [-0.15, -0.1) is 11.8 Å². The maximum Gasteiger partial charge on any atom is 0.103 e. The maximum absolute atomic E-state index is 9.58. The molecule has 2 rings (SSSR count). The van der Waals surface area contributed by atoms with E-state index in [4.69, 9.17) is 5.73 Å². The highest BCUT2D eigenvalue weighted by molar-refractivity contribution is 7.99. The van der Waals surface area contributed by atoms with Crippen molar-refractivity contribution in [1.29, 1.82) is 5.26 Å².